The molecule has 6 heteroatoms. The van der Waals surface area contributed by atoms with Gasteiger partial charge in [-0.25, -0.2) is 4.98 Å². The van der Waals surface area contributed by atoms with Crippen molar-refractivity contribution in [1.82, 2.24) is 9.97 Å². The third-order valence-corrected chi connectivity index (χ3v) is 2.69. The van der Waals surface area contributed by atoms with Gasteiger partial charge in [0.05, 0.1) is 5.02 Å². The number of nitrogens with two attached hydrogens (primary N) is 1. The fourth-order valence-electron chi connectivity index (χ4n) is 1.51. The Morgan fingerprint density at radius 3 is 2.63 bits per heavy atom. The van der Waals surface area contributed by atoms with Gasteiger partial charge in [0.1, 0.15) is 17.3 Å². The Labute approximate surface area is 115 Å². The summed E-state index contributed by atoms with van der Waals surface area (Å²) in [7, 11) is 0. The van der Waals surface area contributed by atoms with Crippen LogP contribution < -0.4 is 10.5 Å². The van der Waals surface area contributed by atoms with E-state index >= 15 is 0 Å². The number of hydrogen-bond acceptors (Lipinski definition) is 4. The maximum absolute atomic E-state index is 7.38. The molecule has 0 bridgehead atoms. The number of amidine groups is 1. The summed E-state index contributed by atoms with van der Waals surface area (Å²) >= 11 is 6.07. The van der Waals surface area contributed by atoms with Crippen molar-refractivity contribution in [2.24, 2.45) is 5.73 Å². The largest absolute Gasteiger partial charge is 0.423 e. The van der Waals surface area contributed by atoms with Crippen molar-refractivity contribution < 1.29 is 4.74 Å². The lowest BCUT2D eigenvalue weighted by Crippen LogP contribution is -2.14. The Bertz CT molecular complexity index is 643. The Morgan fingerprint density at radius 1 is 1.26 bits per heavy atom. The first-order valence-corrected chi connectivity index (χ1v) is 5.97. The Kier molecular flexibility index (Phi) is 3.66. The van der Waals surface area contributed by atoms with Crippen LogP contribution in [0.5, 0.6) is 11.8 Å². The monoisotopic (exact) mass is 276 g/mol. The Balaban J connectivity index is 2.35. The SMILES string of the molecule is Cc1ccc(Oc2nc(C)cc(C(=N)N)n2)c(Cl)c1. The molecule has 3 N–H and O–H groups in total. The maximum Gasteiger partial charge on any atom is 0.322 e. The average molecular weight is 277 g/mol. The van der Waals surface area contributed by atoms with E-state index in [1.54, 1.807) is 25.1 Å². The molecule has 0 unspecified atom stereocenters. The zero-order chi connectivity index (χ0) is 14.0. The summed E-state index contributed by atoms with van der Waals surface area (Å²) in [6.45, 7) is 3.71. The molecule has 1 heterocycles. The third-order valence-electron chi connectivity index (χ3n) is 2.40. The van der Waals surface area contributed by atoms with Crippen molar-refractivity contribution in [2.75, 3.05) is 0 Å². The number of nitrogen functional groups attached to an aromatic ring is 1. The second-order valence-electron chi connectivity index (χ2n) is 4.13. The lowest BCUT2D eigenvalue weighted by Gasteiger charge is -2.08. The average Bonchev–Trinajstić information content (AvgIpc) is 2.32. The molecule has 1 aromatic carbocycles. The van der Waals surface area contributed by atoms with Crippen molar-refractivity contribution >= 4 is 17.4 Å². The predicted octanol–water partition coefficient (Wildman–Crippen LogP) is 2.82. The van der Waals surface area contributed by atoms with Gasteiger partial charge in [-0.05, 0) is 37.6 Å². The lowest BCUT2D eigenvalue weighted by atomic mass is 10.2. The lowest BCUT2D eigenvalue weighted by molar-refractivity contribution is 0.440. The van der Waals surface area contributed by atoms with Crippen LogP contribution in [0, 0.1) is 19.3 Å². The van der Waals surface area contributed by atoms with Crippen molar-refractivity contribution in [1.29, 1.82) is 5.41 Å². The van der Waals surface area contributed by atoms with Crippen molar-refractivity contribution in [2.45, 2.75) is 13.8 Å². The second-order valence-corrected chi connectivity index (χ2v) is 4.53. The van der Waals surface area contributed by atoms with Crippen LogP contribution in [-0.4, -0.2) is 15.8 Å². The Hall–Kier alpha value is -2.14. The van der Waals surface area contributed by atoms with Gasteiger partial charge in [-0.15, -0.1) is 0 Å². The van der Waals surface area contributed by atoms with Crippen LogP contribution in [0.2, 0.25) is 5.02 Å². The number of rotatable bonds is 3. The summed E-state index contributed by atoms with van der Waals surface area (Å²) in [5.41, 5.74) is 7.43. The predicted molar refractivity (Wildman–Crippen MR) is 74.0 cm³/mol. The van der Waals surface area contributed by atoms with Gasteiger partial charge in [-0.3, -0.25) is 5.41 Å². The molecular weight excluding hydrogens is 264 g/mol. The van der Waals surface area contributed by atoms with Crippen LogP contribution in [0.25, 0.3) is 0 Å². The fraction of sp³-hybridized carbons (Fsp3) is 0.154. The maximum atomic E-state index is 7.38. The normalized spacial score (nSPS) is 10.3. The molecule has 0 amide bonds. The molecule has 0 spiro atoms. The van der Waals surface area contributed by atoms with Gasteiger partial charge in [-0.2, -0.15) is 4.98 Å². The topological polar surface area (TPSA) is 84.9 Å². The molecule has 0 saturated heterocycles. The number of benzene rings is 1. The Morgan fingerprint density at radius 2 is 2.00 bits per heavy atom. The van der Waals surface area contributed by atoms with Crippen LogP contribution in [-0.2, 0) is 0 Å². The highest BCUT2D eigenvalue weighted by Gasteiger charge is 2.09. The molecule has 1 aromatic heterocycles. The summed E-state index contributed by atoms with van der Waals surface area (Å²) in [6.07, 6.45) is 0. The molecule has 98 valence electrons. The van der Waals surface area contributed by atoms with Crippen molar-refractivity contribution in [3.05, 3.63) is 46.2 Å². The number of nitrogens with one attached hydrogen (secondary N) is 1. The van der Waals surface area contributed by atoms with Gasteiger partial charge in [-0.1, -0.05) is 17.7 Å². The number of nitrogens with zero attached hydrogens (tertiary/aromatic N) is 2. The van der Waals surface area contributed by atoms with E-state index in [1.807, 2.05) is 13.0 Å². The minimum atomic E-state index is -0.134. The van der Waals surface area contributed by atoms with Crippen LogP contribution in [0.3, 0.4) is 0 Å². The highest BCUT2D eigenvalue weighted by atomic mass is 35.5. The second kappa shape index (κ2) is 5.24. The molecule has 0 aliphatic heterocycles. The van der Waals surface area contributed by atoms with Gasteiger partial charge in [0.2, 0.25) is 0 Å². The number of aromatic nitrogens is 2. The third kappa shape index (κ3) is 3.20. The number of hydrogen-bond donors (Lipinski definition) is 2. The van der Waals surface area contributed by atoms with Crippen LogP contribution >= 0.6 is 11.6 Å². The first kappa shape index (κ1) is 13.3. The van der Waals surface area contributed by atoms with E-state index < -0.39 is 0 Å². The van der Waals surface area contributed by atoms with E-state index in [0.29, 0.717) is 22.2 Å². The summed E-state index contributed by atoms with van der Waals surface area (Å²) in [5.74, 6) is 0.331. The van der Waals surface area contributed by atoms with Gasteiger partial charge in [0.25, 0.3) is 0 Å². The number of ether oxygens (including phenoxy) is 1. The van der Waals surface area contributed by atoms with Gasteiger partial charge in [0, 0.05) is 5.69 Å². The summed E-state index contributed by atoms with van der Waals surface area (Å²) in [5, 5.41) is 7.87. The molecule has 2 rings (SSSR count). The zero-order valence-corrected chi connectivity index (χ0v) is 11.3. The minimum Gasteiger partial charge on any atom is -0.423 e. The van der Waals surface area contributed by atoms with E-state index in [9.17, 15) is 0 Å². The quantitative estimate of drug-likeness (QED) is 0.667. The fourth-order valence-corrected chi connectivity index (χ4v) is 1.79. The highest BCUT2D eigenvalue weighted by Crippen LogP contribution is 2.28. The molecule has 0 aliphatic rings. The van der Waals surface area contributed by atoms with E-state index in [-0.39, 0.29) is 11.8 Å². The molecule has 0 radical (unpaired) electrons. The van der Waals surface area contributed by atoms with Crippen LogP contribution in [0.4, 0.5) is 0 Å². The van der Waals surface area contributed by atoms with Crippen LogP contribution in [0.15, 0.2) is 24.3 Å². The molecule has 0 fully saturated rings. The first-order valence-electron chi connectivity index (χ1n) is 5.60. The van der Waals surface area contributed by atoms with Gasteiger partial charge in [0.15, 0.2) is 0 Å². The highest BCUT2D eigenvalue weighted by molar-refractivity contribution is 6.32. The first-order chi connectivity index (χ1) is 8.95. The molecule has 19 heavy (non-hydrogen) atoms. The molecule has 0 aliphatic carbocycles. The summed E-state index contributed by atoms with van der Waals surface area (Å²) < 4.78 is 5.53. The van der Waals surface area contributed by atoms with Crippen LogP contribution in [0.1, 0.15) is 17.0 Å². The van der Waals surface area contributed by atoms with E-state index in [4.69, 9.17) is 27.5 Å². The number of halogens is 1. The van der Waals surface area contributed by atoms with Gasteiger partial charge < -0.3 is 10.5 Å². The smallest absolute Gasteiger partial charge is 0.322 e. The standard InChI is InChI=1S/C13H13ClN4O/c1-7-3-4-11(9(14)5-7)19-13-17-8(2)6-10(18-13)12(15)16/h3-6H,1-2H3,(H3,15,16). The molecule has 0 saturated carbocycles. The molecule has 0 atom stereocenters. The van der Waals surface area contributed by atoms with Crippen molar-refractivity contribution in [3.63, 3.8) is 0 Å². The summed E-state index contributed by atoms with van der Waals surface area (Å²) in [4.78, 5) is 8.18. The molecular formula is C13H13ClN4O. The minimum absolute atomic E-state index is 0.121. The van der Waals surface area contributed by atoms with Crippen molar-refractivity contribution in [3.8, 4) is 11.8 Å². The molecule has 5 nitrogen and oxygen atoms in total. The van der Waals surface area contributed by atoms with Gasteiger partial charge >= 0.3 is 6.01 Å². The summed E-state index contributed by atoms with van der Waals surface area (Å²) in [6, 6.07) is 7.15. The molecule has 2 aromatic rings. The van der Waals surface area contributed by atoms with E-state index in [2.05, 4.69) is 9.97 Å². The van der Waals surface area contributed by atoms with E-state index in [0.717, 1.165) is 5.56 Å². The van der Waals surface area contributed by atoms with E-state index in [1.165, 1.54) is 0 Å². The number of aryl methyl sites for hydroxylation is 2. The zero-order valence-electron chi connectivity index (χ0n) is 10.6.